The number of halogens is 2. The molecule has 3 nitrogen and oxygen atoms in total. The summed E-state index contributed by atoms with van der Waals surface area (Å²) in [5, 5.41) is 3.37. The fraction of sp³-hybridized carbons (Fsp3) is 0.417. The van der Waals surface area contributed by atoms with Crippen LogP contribution in [0.3, 0.4) is 0 Å². The van der Waals surface area contributed by atoms with Gasteiger partial charge in [0.1, 0.15) is 0 Å². The Hall–Kier alpha value is -0.580. The number of anilines is 1. The molecule has 0 atom stereocenters. The van der Waals surface area contributed by atoms with Gasteiger partial charge in [0, 0.05) is 9.50 Å². The third-order valence-electron chi connectivity index (χ3n) is 2.89. The summed E-state index contributed by atoms with van der Waals surface area (Å²) in [4.78, 5) is 12.1. The van der Waals surface area contributed by atoms with E-state index in [1.807, 2.05) is 13.8 Å². The number of rotatable bonds is 4. The maximum absolute atomic E-state index is 12.1. The molecule has 0 saturated carbocycles. The molecule has 94 valence electrons. The molecular weight excluding hydrogens is 304 g/mol. The predicted molar refractivity (Wildman–Crippen MR) is 75.3 cm³/mol. The van der Waals surface area contributed by atoms with E-state index in [9.17, 15) is 4.79 Å². The van der Waals surface area contributed by atoms with Gasteiger partial charge in [-0.2, -0.15) is 0 Å². The zero-order chi connectivity index (χ0) is 13.1. The van der Waals surface area contributed by atoms with Crippen molar-refractivity contribution in [2.45, 2.75) is 32.2 Å². The van der Waals surface area contributed by atoms with Crippen LogP contribution in [0.1, 0.15) is 26.7 Å². The molecule has 0 aliphatic carbocycles. The van der Waals surface area contributed by atoms with Gasteiger partial charge in [-0.1, -0.05) is 25.4 Å². The van der Waals surface area contributed by atoms with Gasteiger partial charge < -0.3 is 11.1 Å². The van der Waals surface area contributed by atoms with Gasteiger partial charge in [0.05, 0.1) is 11.2 Å². The van der Waals surface area contributed by atoms with Crippen molar-refractivity contribution in [2.24, 2.45) is 5.73 Å². The summed E-state index contributed by atoms with van der Waals surface area (Å²) in [6.45, 7) is 3.80. The number of carbonyl (C=O) groups excluding carboxylic acids is 1. The van der Waals surface area contributed by atoms with Crippen LogP contribution in [0.4, 0.5) is 5.69 Å². The van der Waals surface area contributed by atoms with E-state index in [4.69, 9.17) is 17.3 Å². The molecule has 0 bridgehead atoms. The molecule has 17 heavy (non-hydrogen) atoms. The standard InChI is InChI=1S/C12H16BrClN2O/c1-3-12(15,4-2)11(17)16-10-7-8(14)5-6-9(10)13/h5-7H,3-4,15H2,1-2H3,(H,16,17). The van der Waals surface area contributed by atoms with E-state index in [0.29, 0.717) is 23.6 Å². The molecule has 0 saturated heterocycles. The van der Waals surface area contributed by atoms with Crippen molar-refractivity contribution in [1.29, 1.82) is 0 Å². The van der Waals surface area contributed by atoms with E-state index in [1.54, 1.807) is 18.2 Å². The van der Waals surface area contributed by atoms with Gasteiger partial charge in [-0.05, 0) is 47.0 Å². The zero-order valence-electron chi connectivity index (χ0n) is 9.89. The SMILES string of the molecule is CCC(N)(CC)C(=O)Nc1cc(Cl)ccc1Br. The topological polar surface area (TPSA) is 55.1 Å². The Labute approximate surface area is 115 Å². The Balaban J connectivity index is 2.91. The van der Waals surface area contributed by atoms with Crippen LogP contribution >= 0.6 is 27.5 Å². The van der Waals surface area contributed by atoms with Crippen molar-refractivity contribution in [3.63, 3.8) is 0 Å². The molecule has 1 amide bonds. The van der Waals surface area contributed by atoms with Gasteiger partial charge in [0.15, 0.2) is 0 Å². The van der Waals surface area contributed by atoms with Crippen LogP contribution in [0.15, 0.2) is 22.7 Å². The highest BCUT2D eigenvalue weighted by Crippen LogP contribution is 2.27. The average Bonchev–Trinajstić information content (AvgIpc) is 2.32. The van der Waals surface area contributed by atoms with Crippen LogP contribution in [-0.4, -0.2) is 11.4 Å². The largest absolute Gasteiger partial charge is 0.323 e. The number of nitrogens with two attached hydrogens (primary N) is 1. The molecule has 0 aromatic heterocycles. The lowest BCUT2D eigenvalue weighted by molar-refractivity contribution is -0.121. The van der Waals surface area contributed by atoms with E-state index in [1.165, 1.54) is 0 Å². The van der Waals surface area contributed by atoms with Crippen LogP contribution < -0.4 is 11.1 Å². The van der Waals surface area contributed by atoms with Crippen LogP contribution in [0, 0.1) is 0 Å². The van der Waals surface area contributed by atoms with E-state index >= 15 is 0 Å². The minimum atomic E-state index is -0.832. The van der Waals surface area contributed by atoms with Gasteiger partial charge in [-0.3, -0.25) is 4.79 Å². The molecule has 5 heteroatoms. The first-order valence-electron chi connectivity index (χ1n) is 5.48. The van der Waals surface area contributed by atoms with Gasteiger partial charge in [-0.25, -0.2) is 0 Å². The van der Waals surface area contributed by atoms with E-state index in [0.717, 1.165) is 4.47 Å². The number of hydrogen-bond acceptors (Lipinski definition) is 2. The summed E-state index contributed by atoms with van der Waals surface area (Å²) < 4.78 is 0.782. The lowest BCUT2D eigenvalue weighted by Crippen LogP contribution is -2.50. The fourth-order valence-electron chi connectivity index (χ4n) is 1.41. The second-order valence-electron chi connectivity index (χ2n) is 3.94. The van der Waals surface area contributed by atoms with E-state index < -0.39 is 5.54 Å². The number of nitrogens with one attached hydrogen (secondary N) is 1. The molecule has 1 aromatic carbocycles. The first-order chi connectivity index (χ1) is 7.92. The molecule has 3 N–H and O–H groups in total. The molecular formula is C12H16BrClN2O. The molecule has 0 unspecified atom stereocenters. The highest BCUT2D eigenvalue weighted by molar-refractivity contribution is 9.10. The van der Waals surface area contributed by atoms with Crippen LogP contribution in [0.2, 0.25) is 5.02 Å². The van der Waals surface area contributed by atoms with Crippen molar-refractivity contribution < 1.29 is 4.79 Å². The molecule has 0 radical (unpaired) electrons. The molecule has 1 rings (SSSR count). The maximum atomic E-state index is 12.1. The molecule has 0 heterocycles. The number of benzene rings is 1. The van der Waals surface area contributed by atoms with Gasteiger partial charge in [-0.15, -0.1) is 0 Å². The summed E-state index contributed by atoms with van der Waals surface area (Å²) in [6, 6.07) is 5.22. The van der Waals surface area contributed by atoms with Crippen LogP contribution in [0.5, 0.6) is 0 Å². The predicted octanol–water partition coefficient (Wildman–Crippen LogP) is 3.56. The lowest BCUT2D eigenvalue weighted by atomic mass is 9.93. The Morgan fingerprint density at radius 3 is 2.59 bits per heavy atom. The quantitative estimate of drug-likeness (QED) is 0.891. The molecule has 0 aliphatic heterocycles. The van der Waals surface area contributed by atoms with Crippen molar-refractivity contribution in [3.05, 3.63) is 27.7 Å². The average molecular weight is 320 g/mol. The Morgan fingerprint density at radius 2 is 2.06 bits per heavy atom. The number of carbonyl (C=O) groups is 1. The minimum Gasteiger partial charge on any atom is -0.323 e. The van der Waals surface area contributed by atoms with Crippen molar-refractivity contribution in [1.82, 2.24) is 0 Å². The van der Waals surface area contributed by atoms with Crippen LogP contribution in [-0.2, 0) is 4.79 Å². The smallest absolute Gasteiger partial charge is 0.244 e. The van der Waals surface area contributed by atoms with Crippen LogP contribution in [0.25, 0.3) is 0 Å². The normalized spacial score (nSPS) is 11.4. The fourth-order valence-corrected chi connectivity index (χ4v) is 1.93. The second-order valence-corrected chi connectivity index (χ2v) is 5.23. The first-order valence-corrected chi connectivity index (χ1v) is 6.65. The lowest BCUT2D eigenvalue weighted by Gasteiger charge is -2.25. The number of hydrogen-bond donors (Lipinski definition) is 2. The minimum absolute atomic E-state index is 0.189. The third-order valence-corrected chi connectivity index (χ3v) is 3.82. The van der Waals surface area contributed by atoms with Gasteiger partial charge in [0.2, 0.25) is 5.91 Å². The summed E-state index contributed by atoms with van der Waals surface area (Å²) in [5.74, 6) is -0.189. The molecule has 0 spiro atoms. The van der Waals surface area contributed by atoms with Gasteiger partial charge >= 0.3 is 0 Å². The summed E-state index contributed by atoms with van der Waals surface area (Å²) in [5.41, 5.74) is 5.82. The van der Waals surface area contributed by atoms with Crippen molar-refractivity contribution in [2.75, 3.05) is 5.32 Å². The first kappa shape index (κ1) is 14.5. The molecule has 0 aliphatic rings. The number of amides is 1. The summed E-state index contributed by atoms with van der Waals surface area (Å²) in [6.07, 6.45) is 1.18. The third kappa shape index (κ3) is 3.44. The van der Waals surface area contributed by atoms with Crippen molar-refractivity contribution in [3.8, 4) is 0 Å². The summed E-state index contributed by atoms with van der Waals surface area (Å²) in [7, 11) is 0. The van der Waals surface area contributed by atoms with Gasteiger partial charge in [0.25, 0.3) is 0 Å². The monoisotopic (exact) mass is 318 g/mol. The zero-order valence-corrected chi connectivity index (χ0v) is 12.2. The van der Waals surface area contributed by atoms with Crippen molar-refractivity contribution >= 4 is 39.1 Å². The second kappa shape index (κ2) is 5.85. The summed E-state index contributed by atoms with van der Waals surface area (Å²) >= 11 is 9.23. The maximum Gasteiger partial charge on any atom is 0.244 e. The highest BCUT2D eigenvalue weighted by atomic mass is 79.9. The molecule has 1 aromatic rings. The molecule has 0 fully saturated rings. The Kier molecular flexibility index (Phi) is 4.98. The van der Waals surface area contributed by atoms with E-state index in [-0.39, 0.29) is 5.91 Å². The highest BCUT2D eigenvalue weighted by Gasteiger charge is 2.30. The Morgan fingerprint density at radius 1 is 1.47 bits per heavy atom. The van der Waals surface area contributed by atoms with E-state index in [2.05, 4.69) is 21.2 Å². The Bertz CT molecular complexity index is 419.